The van der Waals surface area contributed by atoms with E-state index in [1.54, 1.807) is 24.3 Å². The highest BCUT2D eigenvalue weighted by molar-refractivity contribution is 7.15. The van der Waals surface area contributed by atoms with Gasteiger partial charge in [-0.05, 0) is 18.2 Å². The van der Waals surface area contributed by atoms with Crippen molar-refractivity contribution in [1.82, 2.24) is 0 Å². The van der Waals surface area contributed by atoms with Gasteiger partial charge in [-0.15, -0.1) is 0 Å². The second-order valence-electron chi connectivity index (χ2n) is 3.90. The maximum Gasteiger partial charge on any atom is 0.324 e. The monoisotopic (exact) mass is 292 g/mol. The first-order valence-corrected chi connectivity index (χ1v) is 6.56. The molecule has 1 atom stereocenters. The van der Waals surface area contributed by atoms with Crippen LogP contribution in [0.5, 0.6) is 0 Å². The molecule has 1 heterocycles. The normalized spacial score (nSPS) is 11.8. The number of hydrogen-bond donors (Lipinski definition) is 1. The number of para-hydroxylation sites is 1. The number of benzene rings is 1. The van der Waals surface area contributed by atoms with E-state index < -0.39 is 11.0 Å². The number of hydrogen-bond acceptors (Lipinski definition) is 5. The molecule has 0 spiro atoms. The van der Waals surface area contributed by atoms with Gasteiger partial charge in [0, 0.05) is 23.7 Å². The Morgan fingerprint density at radius 3 is 2.55 bits per heavy atom. The van der Waals surface area contributed by atoms with Gasteiger partial charge in [-0.2, -0.15) is 0 Å². The lowest BCUT2D eigenvalue weighted by atomic mass is 10.2. The number of nitro groups is 1. The van der Waals surface area contributed by atoms with Gasteiger partial charge in [0.15, 0.2) is 6.10 Å². The van der Waals surface area contributed by atoms with Gasteiger partial charge in [0.2, 0.25) is 0 Å². The Labute approximate surface area is 119 Å². The summed E-state index contributed by atoms with van der Waals surface area (Å²) in [6.07, 6.45) is -0.867. The van der Waals surface area contributed by atoms with E-state index in [1.165, 1.54) is 19.2 Å². The van der Waals surface area contributed by atoms with Crippen LogP contribution < -0.4 is 5.32 Å². The van der Waals surface area contributed by atoms with Crippen molar-refractivity contribution in [1.29, 1.82) is 0 Å². The van der Waals surface area contributed by atoms with Crippen LogP contribution in [0.3, 0.4) is 0 Å². The number of ether oxygens (including phenoxy) is 1. The van der Waals surface area contributed by atoms with Crippen LogP contribution in [0.25, 0.3) is 0 Å². The van der Waals surface area contributed by atoms with Crippen LogP contribution in [-0.4, -0.2) is 17.9 Å². The predicted octanol–water partition coefficient (Wildman–Crippen LogP) is 2.98. The zero-order valence-electron chi connectivity index (χ0n) is 10.6. The van der Waals surface area contributed by atoms with Crippen LogP contribution in [-0.2, 0) is 9.53 Å². The Balaban J connectivity index is 2.14. The molecule has 1 aromatic carbocycles. The largest absolute Gasteiger partial charge is 0.366 e. The molecular formula is C13H12N2O4S. The Morgan fingerprint density at radius 1 is 1.30 bits per heavy atom. The van der Waals surface area contributed by atoms with Crippen molar-refractivity contribution in [2.75, 3.05) is 12.4 Å². The van der Waals surface area contributed by atoms with Crippen molar-refractivity contribution in [3.63, 3.8) is 0 Å². The molecule has 1 N–H and O–H groups in total. The molecule has 104 valence electrons. The van der Waals surface area contributed by atoms with Gasteiger partial charge < -0.3 is 10.1 Å². The number of amides is 1. The number of rotatable bonds is 5. The zero-order valence-corrected chi connectivity index (χ0v) is 11.4. The molecule has 0 aliphatic rings. The lowest BCUT2D eigenvalue weighted by Crippen LogP contribution is -2.21. The summed E-state index contributed by atoms with van der Waals surface area (Å²) >= 11 is 0.928. The fourth-order valence-corrected chi connectivity index (χ4v) is 2.56. The average molecular weight is 292 g/mol. The lowest BCUT2D eigenvalue weighted by Gasteiger charge is -2.13. The minimum atomic E-state index is -0.867. The maximum atomic E-state index is 12.1. The third-order valence-electron chi connectivity index (χ3n) is 2.57. The van der Waals surface area contributed by atoms with Crippen LogP contribution in [0, 0.1) is 10.1 Å². The number of nitrogens with zero attached hydrogens (tertiary/aromatic N) is 1. The molecule has 2 aromatic rings. The van der Waals surface area contributed by atoms with Crippen molar-refractivity contribution in [3.05, 3.63) is 57.5 Å². The lowest BCUT2D eigenvalue weighted by molar-refractivity contribution is -0.380. The highest BCUT2D eigenvalue weighted by Crippen LogP contribution is 2.31. The molecule has 2 rings (SSSR count). The summed E-state index contributed by atoms with van der Waals surface area (Å²) in [5, 5.41) is 13.3. The van der Waals surface area contributed by atoms with Crippen molar-refractivity contribution < 1.29 is 14.5 Å². The molecule has 6 nitrogen and oxygen atoms in total. The Kier molecular flexibility index (Phi) is 4.44. The van der Waals surface area contributed by atoms with Crippen LogP contribution in [0.15, 0.2) is 42.5 Å². The molecule has 1 unspecified atom stereocenters. The first kappa shape index (κ1) is 14.2. The first-order valence-electron chi connectivity index (χ1n) is 5.74. The fourth-order valence-electron chi connectivity index (χ4n) is 1.66. The van der Waals surface area contributed by atoms with E-state index in [2.05, 4.69) is 5.32 Å². The van der Waals surface area contributed by atoms with Gasteiger partial charge >= 0.3 is 5.00 Å². The number of anilines is 1. The van der Waals surface area contributed by atoms with Crippen molar-refractivity contribution >= 4 is 27.9 Å². The molecule has 0 saturated heterocycles. The summed E-state index contributed by atoms with van der Waals surface area (Å²) in [6, 6.07) is 11.8. The summed E-state index contributed by atoms with van der Waals surface area (Å²) < 4.78 is 5.14. The number of carbonyl (C=O) groups excluding carboxylic acids is 1. The second kappa shape index (κ2) is 6.27. The van der Waals surface area contributed by atoms with E-state index in [-0.39, 0.29) is 10.9 Å². The molecular weight excluding hydrogens is 280 g/mol. The van der Waals surface area contributed by atoms with Gasteiger partial charge in [-0.25, -0.2) is 0 Å². The quantitative estimate of drug-likeness (QED) is 0.678. The smallest absolute Gasteiger partial charge is 0.324 e. The van der Waals surface area contributed by atoms with Crippen LogP contribution in [0.1, 0.15) is 11.0 Å². The minimum absolute atomic E-state index is 0.0189. The number of nitrogens with one attached hydrogen (secondary N) is 1. The molecule has 1 amide bonds. The van der Waals surface area contributed by atoms with Gasteiger partial charge in [0.1, 0.15) is 0 Å². The van der Waals surface area contributed by atoms with E-state index in [1.807, 2.05) is 6.07 Å². The first-order chi connectivity index (χ1) is 9.61. The predicted molar refractivity (Wildman–Crippen MR) is 75.8 cm³/mol. The summed E-state index contributed by atoms with van der Waals surface area (Å²) in [4.78, 5) is 22.8. The van der Waals surface area contributed by atoms with Crippen molar-refractivity contribution in [3.8, 4) is 0 Å². The fraction of sp³-hybridized carbons (Fsp3) is 0.154. The Hall–Kier alpha value is -2.25. The number of thiophene rings is 1. The zero-order chi connectivity index (χ0) is 14.5. The topological polar surface area (TPSA) is 81.5 Å². The second-order valence-corrected chi connectivity index (χ2v) is 5.00. The van der Waals surface area contributed by atoms with E-state index in [0.717, 1.165) is 11.3 Å². The van der Waals surface area contributed by atoms with Crippen LogP contribution >= 0.6 is 11.3 Å². The van der Waals surface area contributed by atoms with E-state index in [9.17, 15) is 14.9 Å². The van der Waals surface area contributed by atoms with E-state index in [0.29, 0.717) is 10.6 Å². The van der Waals surface area contributed by atoms with Crippen LogP contribution in [0.4, 0.5) is 10.7 Å². The average Bonchev–Trinajstić information content (AvgIpc) is 2.90. The van der Waals surface area contributed by atoms with Gasteiger partial charge in [0.05, 0.1) is 4.92 Å². The van der Waals surface area contributed by atoms with Gasteiger partial charge in [-0.1, -0.05) is 29.5 Å². The third-order valence-corrected chi connectivity index (χ3v) is 3.65. The maximum absolute atomic E-state index is 12.1. The van der Waals surface area contributed by atoms with Crippen LogP contribution in [0.2, 0.25) is 0 Å². The highest BCUT2D eigenvalue weighted by atomic mass is 32.1. The molecule has 0 radical (unpaired) electrons. The highest BCUT2D eigenvalue weighted by Gasteiger charge is 2.24. The molecule has 0 bridgehead atoms. The SMILES string of the molecule is COC(C(=O)Nc1ccccc1)c1ccc([N+](=O)[O-])s1. The van der Waals surface area contributed by atoms with Crippen molar-refractivity contribution in [2.45, 2.75) is 6.10 Å². The Morgan fingerprint density at radius 2 is 2.00 bits per heavy atom. The summed E-state index contributed by atoms with van der Waals surface area (Å²) in [5.74, 6) is -0.365. The molecule has 0 saturated carbocycles. The summed E-state index contributed by atoms with van der Waals surface area (Å²) in [5.41, 5.74) is 0.644. The van der Waals surface area contributed by atoms with Crippen molar-refractivity contribution in [2.24, 2.45) is 0 Å². The third kappa shape index (κ3) is 3.19. The van der Waals surface area contributed by atoms with E-state index in [4.69, 9.17) is 4.74 Å². The Bertz CT molecular complexity index is 612. The molecule has 20 heavy (non-hydrogen) atoms. The minimum Gasteiger partial charge on any atom is -0.366 e. The van der Waals surface area contributed by atoms with Gasteiger partial charge in [-0.3, -0.25) is 14.9 Å². The molecule has 7 heteroatoms. The van der Waals surface area contributed by atoms with Gasteiger partial charge in [0.25, 0.3) is 5.91 Å². The molecule has 0 aliphatic heterocycles. The number of carbonyl (C=O) groups is 1. The molecule has 1 aromatic heterocycles. The molecule has 0 aliphatic carbocycles. The summed E-state index contributed by atoms with van der Waals surface area (Å²) in [6.45, 7) is 0. The standard InChI is InChI=1S/C13H12N2O4S/c1-19-12(10-7-8-11(20-10)15(17)18)13(16)14-9-5-3-2-4-6-9/h2-8,12H,1H3,(H,14,16). The number of methoxy groups -OCH3 is 1. The summed E-state index contributed by atoms with van der Waals surface area (Å²) in [7, 11) is 1.39. The molecule has 0 fully saturated rings. The van der Waals surface area contributed by atoms with E-state index >= 15 is 0 Å².